The van der Waals surface area contributed by atoms with Gasteiger partial charge in [-0.1, -0.05) is 5.46 Å². The molecule has 0 aliphatic rings. The number of rotatable bonds is 0. The summed E-state index contributed by atoms with van der Waals surface area (Å²) in [7, 11) is 7.41. The summed E-state index contributed by atoms with van der Waals surface area (Å²) in [5.74, 6) is 0. The van der Waals surface area contributed by atoms with Crippen LogP contribution in [0.25, 0.3) is 10.8 Å². The average molecular weight is 170 g/mol. The number of nitrogens with zero attached hydrogens (tertiary/aromatic N) is 2. The fraction of sp³-hybridized carbons (Fsp3) is 0.111. The molecule has 0 fully saturated rings. The Morgan fingerprint density at radius 2 is 2.23 bits per heavy atom. The van der Waals surface area contributed by atoms with Crippen molar-refractivity contribution in [1.82, 2.24) is 9.55 Å². The van der Waals surface area contributed by atoms with Crippen LogP contribution in [0.5, 0.6) is 0 Å². The summed E-state index contributed by atoms with van der Waals surface area (Å²) in [6.07, 6.45) is 4.77. The van der Waals surface area contributed by atoms with E-state index in [0.717, 1.165) is 5.39 Å². The molecule has 3 nitrogen and oxygen atoms in total. The van der Waals surface area contributed by atoms with Gasteiger partial charge in [-0.2, -0.15) is 0 Å². The first-order valence-electron chi connectivity index (χ1n) is 3.89. The van der Waals surface area contributed by atoms with Gasteiger partial charge in [0, 0.05) is 25.6 Å². The second-order valence-corrected chi connectivity index (χ2v) is 2.92. The minimum absolute atomic E-state index is 0.0719. The van der Waals surface area contributed by atoms with Crippen LogP contribution in [0.3, 0.4) is 0 Å². The Labute approximate surface area is 76.4 Å². The Bertz CT molecular complexity index is 518. The Morgan fingerprint density at radius 3 is 3.00 bits per heavy atom. The second-order valence-electron chi connectivity index (χ2n) is 2.92. The fourth-order valence-electron chi connectivity index (χ4n) is 1.34. The zero-order chi connectivity index (χ0) is 9.42. The van der Waals surface area contributed by atoms with E-state index in [-0.39, 0.29) is 5.56 Å². The molecular weight excluding hydrogens is 163 g/mol. The average Bonchev–Trinajstić information content (AvgIpc) is 2.15. The number of hydrogen-bond acceptors (Lipinski definition) is 2. The lowest BCUT2D eigenvalue weighted by atomic mass is 9.93. The Morgan fingerprint density at radius 1 is 1.46 bits per heavy atom. The molecule has 0 aromatic carbocycles. The molecule has 2 aromatic rings. The summed E-state index contributed by atoms with van der Waals surface area (Å²) >= 11 is 0. The second kappa shape index (κ2) is 2.73. The zero-order valence-corrected chi connectivity index (χ0v) is 7.19. The van der Waals surface area contributed by atoms with Crippen molar-refractivity contribution in [2.75, 3.05) is 0 Å². The molecule has 0 saturated carbocycles. The van der Waals surface area contributed by atoms with Crippen molar-refractivity contribution in [2.24, 2.45) is 7.05 Å². The molecule has 2 rings (SSSR count). The topological polar surface area (TPSA) is 34.9 Å². The first kappa shape index (κ1) is 8.04. The SMILES string of the molecule is [B]c1cn(C)c(=O)c2cnccc12. The van der Waals surface area contributed by atoms with Gasteiger partial charge >= 0.3 is 0 Å². The summed E-state index contributed by atoms with van der Waals surface area (Å²) in [4.78, 5) is 15.4. The summed E-state index contributed by atoms with van der Waals surface area (Å²) < 4.78 is 1.46. The molecule has 0 N–H and O–H groups in total. The Hall–Kier alpha value is -1.58. The van der Waals surface area contributed by atoms with Crippen molar-refractivity contribution in [3.63, 3.8) is 0 Å². The molecule has 0 atom stereocenters. The van der Waals surface area contributed by atoms with E-state index in [1.54, 1.807) is 25.5 Å². The van der Waals surface area contributed by atoms with E-state index >= 15 is 0 Å². The predicted octanol–water partition coefficient (Wildman–Crippen LogP) is -0.273. The largest absolute Gasteiger partial charge is 0.319 e. The number of fused-ring (bicyclic) bond motifs is 1. The molecule has 0 spiro atoms. The van der Waals surface area contributed by atoms with Crippen LogP contribution in [0.15, 0.2) is 29.5 Å². The number of aromatic nitrogens is 2. The quantitative estimate of drug-likeness (QED) is 0.510. The lowest BCUT2D eigenvalue weighted by Gasteiger charge is -2.04. The maximum Gasteiger partial charge on any atom is 0.259 e. The highest BCUT2D eigenvalue weighted by Crippen LogP contribution is 2.02. The predicted molar refractivity (Wildman–Crippen MR) is 52.4 cm³/mol. The molecular formula is C9H7BN2O. The number of aryl methyl sites for hydroxylation is 1. The van der Waals surface area contributed by atoms with Gasteiger partial charge in [0.1, 0.15) is 7.85 Å². The molecule has 0 aliphatic heterocycles. The van der Waals surface area contributed by atoms with Gasteiger partial charge in [-0.15, -0.1) is 0 Å². The first-order chi connectivity index (χ1) is 6.20. The normalized spacial score (nSPS) is 10.5. The van der Waals surface area contributed by atoms with E-state index in [9.17, 15) is 4.79 Å². The first-order valence-corrected chi connectivity index (χ1v) is 3.89. The third-order valence-electron chi connectivity index (χ3n) is 2.02. The molecule has 4 heteroatoms. The van der Waals surface area contributed by atoms with Gasteiger partial charge in [0.2, 0.25) is 0 Å². The minimum atomic E-state index is -0.0719. The van der Waals surface area contributed by atoms with Gasteiger partial charge in [0.15, 0.2) is 0 Å². The van der Waals surface area contributed by atoms with Crippen LogP contribution in [0.1, 0.15) is 0 Å². The van der Waals surface area contributed by atoms with Crippen molar-refractivity contribution >= 4 is 24.1 Å². The highest BCUT2D eigenvalue weighted by atomic mass is 16.1. The number of hydrogen-bond donors (Lipinski definition) is 0. The fourth-order valence-corrected chi connectivity index (χ4v) is 1.34. The summed E-state index contributed by atoms with van der Waals surface area (Å²) in [6, 6.07) is 1.74. The van der Waals surface area contributed by atoms with E-state index in [1.807, 2.05) is 0 Å². The Balaban J connectivity index is 3.06. The van der Waals surface area contributed by atoms with Crippen LogP contribution in [0, 0.1) is 0 Å². The lowest BCUT2D eigenvalue weighted by Crippen LogP contribution is -2.23. The van der Waals surface area contributed by atoms with Crippen LogP contribution in [0.4, 0.5) is 0 Å². The summed E-state index contributed by atoms with van der Waals surface area (Å²) in [6.45, 7) is 0. The van der Waals surface area contributed by atoms with Crippen LogP contribution >= 0.6 is 0 Å². The maximum atomic E-state index is 11.5. The highest BCUT2D eigenvalue weighted by Gasteiger charge is 2.01. The van der Waals surface area contributed by atoms with E-state index in [4.69, 9.17) is 7.85 Å². The standard InChI is InChI=1S/C9H7BN2O/c1-12-5-8(10)6-2-3-11-4-7(6)9(12)13/h2-5H,1H3. The monoisotopic (exact) mass is 170 g/mol. The maximum absolute atomic E-state index is 11.5. The zero-order valence-electron chi connectivity index (χ0n) is 7.19. The van der Waals surface area contributed by atoms with Crippen LogP contribution in [0.2, 0.25) is 0 Å². The smallest absolute Gasteiger partial charge is 0.259 e. The van der Waals surface area contributed by atoms with Crippen LogP contribution < -0.4 is 11.0 Å². The van der Waals surface area contributed by atoms with Crippen LogP contribution in [-0.2, 0) is 7.05 Å². The minimum Gasteiger partial charge on any atom is -0.319 e. The lowest BCUT2D eigenvalue weighted by molar-refractivity contribution is 0.877. The third kappa shape index (κ3) is 1.14. The van der Waals surface area contributed by atoms with Crippen molar-refractivity contribution < 1.29 is 0 Å². The molecule has 0 bridgehead atoms. The molecule has 0 aliphatic carbocycles. The summed E-state index contributed by atoms with van der Waals surface area (Å²) in [5.41, 5.74) is 0.525. The van der Waals surface area contributed by atoms with Gasteiger partial charge in [-0.05, 0) is 11.5 Å². The molecule has 2 heterocycles. The van der Waals surface area contributed by atoms with Crippen LogP contribution in [-0.4, -0.2) is 17.4 Å². The Kier molecular flexibility index (Phi) is 1.69. The molecule has 0 unspecified atom stereocenters. The van der Waals surface area contributed by atoms with E-state index in [2.05, 4.69) is 4.98 Å². The molecule has 0 saturated heterocycles. The van der Waals surface area contributed by atoms with Gasteiger partial charge in [0.05, 0.1) is 5.39 Å². The van der Waals surface area contributed by atoms with Crippen molar-refractivity contribution in [2.45, 2.75) is 0 Å². The van der Waals surface area contributed by atoms with Crippen molar-refractivity contribution in [3.8, 4) is 0 Å². The number of pyridine rings is 2. The molecule has 62 valence electrons. The molecule has 0 amide bonds. The van der Waals surface area contributed by atoms with E-state index in [0.29, 0.717) is 10.8 Å². The van der Waals surface area contributed by atoms with E-state index in [1.165, 1.54) is 10.8 Å². The van der Waals surface area contributed by atoms with Gasteiger partial charge in [-0.25, -0.2) is 0 Å². The van der Waals surface area contributed by atoms with Gasteiger partial charge in [-0.3, -0.25) is 9.78 Å². The molecule has 2 radical (unpaired) electrons. The summed E-state index contributed by atoms with van der Waals surface area (Å²) in [5, 5.41) is 1.32. The van der Waals surface area contributed by atoms with Gasteiger partial charge < -0.3 is 4.57 Å². The molecule has 13 heavy (non-hydrogen) atoms. The van der Waals surface area contributed by atoms with Crippen molar-refractivity contribution in [3.05, 3.63) is 35.0 Å². The third-order valence-corrected chi connectivity index (χ3v) is 2.02. The van der Waals surface area contributed by atoms with Gasteiger partial charge in [0.25, 0.3) is 5.56 Å². The molecule has 2 aromatic heterocycles. The van der Waals surface area contributed by atoms with E-state index < -0.39 is 0 Å². The van der Waals surface area contributed by atoms with Crippen molar-refractivity contribution in [1.29, 1.82) is 0 Å². The highest BCUT2D eigenvalue weighted by molar-refractivity contribution is 6.38.